The highest BCUT2D eigenvalue weighted by Crippen LogP contribution is 2.06. The summed E-state index contributed by atoms with van der Waals surface area (Å²) in [5.74, 6) is 0. The van der Waals surface area contributed by atoms with Gasteiger partial charge in [-0.2, -0.15) is 0 Å². The van der Waals surface area contributed by atoms with Gasteiger partial charge in [0.1, 0.15) is 6.29 Å². The summed E-state index contributed by atoms with van der Waals surface area (Å²) < 4.78 is 0. The molecule has 0 saturated heterocycles. The maximum Gasteiger partial charge on any atom is 0.137 e. The monoisotopic (exact) mass is 184 g/mol. The fourth-order valence-electron chi connectivity index (χ4n) is 0.936. The fraction of sp³-hybridized carbons (Fsp3) is 0.556. The smallest absolute Gasteiger partial charge is 0.137 e. The largest absolute Gasteiger partial charge is 0.381 e. The topological polar surface area (TPSA) is 61.7 Å². The summed E-state index contributed by atoms with van der Waals surface area (Å²) in [6.07, 6.45) is 2.04. The molecule has 0 bridgehead atoms. The van der Waals surface area contributed by atoms with Gasteiger partial charge in [0.2, 0.25) is 0 Å². The van der Waals surface area contributed by atoms with Gasteiger partial charge in [-0.15, -0.1) is 0 Å². The number of nitrogens with one attached hydrogen (secondary N) is 1. The molecule has 2 N–H and O–H groups in total. The zero-order valence-corrected chi connectivity index (χ0v) is 7.70. The van der Waals surface area contributed by atoms with E-state index in [0.717, 1.165) is 18.3 Å². The van der Waals surface area contributed by atoms with Crippen LogP contribution in [0.2, 0.25) is 0 Å². The van der Waals surface area contributed by atoms with Crippen LogP contribution in [0.4, 0.5) is 0 Å². The lowest BCUT2D eigenvalue weighted by molar-refractivity contribution is -0.109. The number of rotatable bonds is 8. The first-order chi connectivity index (χ1) is 6.24. The van der Waals surface area contributed by atoms with Crippen LogP contribution in [0.3, 0.4) is 0 Å². The van der Waals surface area contributed by atoms with E-state index in [1.54, 1.807) is 0 Å². The maximum atomic E-state index is 10.5. The van der Waals surface area contributed by atoms with E-state index in [-0.39, 0.29) is 12.8 Å². The first-order valence-corrected chi connectivity index (χ1v) is 4.13. The van der Waals surface area contributed by atoms with Crippen molar-refractivity contribution in [2.24, 2.45) is 4.99 Å². The van der Waals surface area contributed by atoms with E-state index in [1.165, 1.54) is 0 Å². The van der Waals surface area contributed by atoms with Crippen molar-refractivity contribution in [3.05, 3.63) is 12.2 Å². The molecule has 0 radical (unpaired) electrons. The van der Waals surface area contributed by atoms with Crippen molar-refractivity contribution in [1.82, 2.24) is 5.32 Å². The zero-order valence-electron chi connectivity index (χ0n) is 7.70. The average molecular weight is 184 g/mol. The number of nitrogens with zero attached hydrogens (tertiary/aromatic N) is 1. The van der Waals surface area contributed by atoms with Gasteiger partial charge in [0.15, 0.2) is 0 Å². The second-order valence-electron chi connectivity index (χ2n) is 2.76. The highest BCUT2D eigenvalue weighted by Gasteiger charge is 2.06. The predicted molar refractivity (Wildman–Crippen MR) is 52.9 cm³/mol. The molecule has 13 heavy (non-hydrogen) atoms. The molecular weight excluding hydrogens is 168 g/mol. The van der Waals surface area contributed by atoms with Gasteiger partial charge in [-0.25, -0.2) is 0 Å². The normalized spacial score (nSPS) is 12.1. The van der Waals surface area contributed by atoms with Gasteiger partial charge in [-0.05, 0) is 19.6 Å². The third-order valence-electron chi connectivity index (χ3n) is 1.65. The van der Waals surface area contributed by atoms with Crippen molar-refractivity contribution >= 4 is 13.0 Å². The Bertz CT molecular complexity index is 180. The molecule has 74 valence electrons. The molecule has 0 aromatic heterocycles. The van der Waals surface area contributed by atoms with Crippen LogP contribution in [-0.4, -0.2) is 37.4 Å². The van der Waals surface area contributed by atoms with E-state index in [9.17, 15) is 4.79 Å². The first-order valence-electron chi connectivity index (χ1n) is 4.13. The standard InChI is InChI=1S/C9H16N2O2/c1-8(3-4-10-2)5-9(6-12)11-7-13/h6,9,11,13H,1-5,7H2/t9-/m0/s1. The van der Waals surface area contributed by atoms with Gasteiger partial charge in [-0.3, -0.25) is 5.32 Å². The SMILES string of the molecule is C=NCCC(=C)C[C@@H](C=O)NCO. The summed E-state index contributed by atoms with van der Waals surface area (Å²) in [4.78, 5) is 14.1. The summed E-state index contributed by atoms with van der Waals surface area (Å²) >= 11 is 0. The molecule has 0 spiro atoms. The van der Waals surface area contributed by atoms with Gasteiger partial charge in [0, 0.05) is 6.54 Å². The number of hydrogen-bond acceptors (Lipinski definition) is 4. The van der Waals surface area contributed by atoms with Gasteiger partial charge < -0.3 is 14.9 Å². The minimum Gasteiger partial charge on any atom is -0.381 e. The highest BCUT2D eigenvalue weighted by atomic mass is 16.3. The Balaban J connectivity index is 3.72. The second kappa shape index (κ2) is 7.64. The van der Waals surface area contributed by atoms with Gasteiger partial charge in [0.05, 0.1) is 12.8 Å². The van der Waals surface area contributed by atoms with Crippen molar-refractivity contribution in [3.8, 4) is 0 Å². The molecule has 4 heteroatoms. The van der Waals surface area contributed by atoms with Crippen molar-refractivity contribution in [1.29, 1.82) is 0 Å². The third kappa shape index (κ3) is 6.19. The van der Waals surface area contributed by atoms with Crippen LogP contribution in [-0.2, 0) is 4.79 Å². The lowest BCUT2D eigenvalue weighted by Gasteiger charge is -2.11. The Labute approximate surface area is 78.4 Å². The van der Waals surface area contributed by atoms with Crippen LogP contribution in [0.15, 0.2) is 17.1 Å². The molecule has 0 aliphatic carbocycles. The molecule has 0 aromatic rings. The third-order valence-corrected chi connectivity index (χ3v) is 1.65. The number of aliphatic imine (C=N–C) groups is 1. The van der Waals surface area contributed by atoms with E-state index in [4.69, 9.17) is 5.11 Å². The van der Waals surface area contributed by atoms with Crippen molar-refractivity contribution in [2.45, 2.75) is 18.9 Å². The van der Waals surface area contributed by atoms with Crippen LogP contribution < -0.4 is 5.32 Å². The molecule has 1 atom stereocenters. The van der Waals surface area contributed by atoms with E-state index >= 15 is 0 Å². The maximum absolute atomic E-state index is 10.5. The molecule has 0 heterocycles. The van der Waals surface area contributed by atoms with Crippen molar-refractivity contribution < 1.29 is 9.90 Å². The Morgan fingerprint density at radius 2 is 2.38 bits per heavy atom. The molecule has 0 fully saturated rings. The summed E-state index contributed by atoms with van der Waals surface area (Å²) in [5, 5.41) is 11.1. The molecule has 0 aromatic carbocycles. The second-order valence-corrected chi connectivity index (χ2v) is 2.76. The summed E-state index contributed by atoms with van der Waals surface area (Å²) in [6.45, 7) is 7.58. The zero-order chi connectivity index (χ0) is 10.1. The van der Waals surface area contributed by atoms with E-state index in [1.807, 2.05) is 0 Å². The van der Waals surface area contributed by atoms with E-state index in [0.29, 0.717) is 13.0 Å². The van der Waals surface area contributed by atoms with E-state index in [2.05, 4.69) is 23.6 Å². The molecule has 0 saturated carbocycles. The number of hydrogen-bond donors (Lipinski definition) is 2. The number of aliphatic hydroxyl groups is 1. The Morgan fingerprint density at radius 3 is 2.85 bits per heavy atom. The van der Waals surface area contributed by atoms with Crippen molar-refractivity contribution in [3.63, 3.8) is 0 Å². The summed E-state index contributed by atoms with van der Waals surface area (Å²) in [6, 6.07) is -0.345. The minimum atomic E-state index is -0.345. The van der Waals surface area contributed by atoms with Crippen LogP contribution in [0.5, 0.6) is 0 Å². The molecular formula is C9H16N2O2. The average Bonchev–Trinajstić information content (AvgIpc) is 2.14. The van der Waals surface area contributed by atoms with Crippen molar-refractivity contribution in [2.75, 3.05) is 13.3 Å². The van der Waals surface area contributed by atoms with Crippen LogP contribution in [0.25, 0.3) is 0 Å². The molecule has 0 aliphatic heterocycles. The summed E-state index contributed by atoms with van der Waals surface area (Å²) in [5.41, 5.74) is 0.936. The predicted octanol–water partition coefficient (Wildman–Crippen LogP) is 0.130. The van der Waals surface area contributed by atoms with Gasteiger partial charge in [0.25, 0.3) is 0 Å². The number of carbonyl (C=O) groups excluding carboxylic acids is 1. The van der Waals surface area contributed by atoms with Gasteiger partial charge in [-0.1, -0.05) is 12.2 Å². The molecule has 4 nitrogen and oxygen atoms in total. The minimum absolute atomic E-state index is 0.198. The van der Waals surface area contributed by atoms with Crippen LogP contribution >= 0.6 is 0 Å². The van der Waals surface area contributed by atoms with Crippen LogP contribution in [0.1, 0.15) is 12.8 Å². The molecule has 0 amide bonds. The van der Waals surface area contributed by atoms with E-state index < -0.39 is 0 Å². The quantitative estimate of drug-likeness (QED) is 0.244. The lowest BCUT2D eigenvalue weighted by atomic mass is 10.1. The first kappa shape index (κ1) is 12.0. The number of aliphatic hydroxyl groups excluding tert-OH is 1. The van der Waals surface area contributed by atoms with Gasteiger partial charge >= 0.3 is 0 Å². The lowest BCUT2D eigenvalue weighted by Crippen LogP contribution is -2.31. The highest BCUT2D eigenvalue weighted by molar-refractivity contribution is 5.58. The Kier molecular flexibility index (Phi) is 7.05. The fourth-order valence-corrected chi connectivity index (χ4v) is 0.936. The Hall–Kier alpha value is -1.00. The molecule has 0 unspecified atom stereocenters. The van der Waals surface area contributed by atoms with Crippen LogP contribution in [0, 0.1) is 0 Å². The molecule has 0 aliphatic rings. The number of carbonyl (C=O) groups is 1. The summed E-state index contributed by atoms with van der Waals surface area (Å²) in [7, 11) is 0. The Morgan fingerprint density at radius 1 is 1.69 bits per heavy atom. The number of aldehydes is 1. The molecule has 0 rings (SSSR count).